The molecule has 0 spiro atoms. The molecule has 0 saturated heterocycles. The SMILES string of the molecule is C=C(C=C(C)C(CC(=C)C(=C)C)N(C)C)OC. The van der Waals surface area contributed by atoms with E-state index in [0.29, 0.717) is 11.8 Å². The number of likely N-dealkylation sites (N-methyl/N-ethyl adjacent to an activating group) is 1. The monoisotopic (exact) mass is 235 g/mol. The molecule has 0 saturated carbocycles. The maximum atomic E-state index is 5.07. The Hall–Kier alpha value is -1.28. The Morgan fingerprint density at radius 1 is 1.24 bits per heavy atom. The Bertz CT molecular complexity index is 337. The third-order valence-electron chi connectivity index (χ3n) is 2.84. The molecule has 0 aliphatic carbocycles. The fraction of sp³-hybridized carbons (Fsp3) is 0.467. The first kappa shape index (κ1) is 15.7. The van der Waals surface area contributed by atoms with Crippen molar-refractivity contribution < 1.29 is 4.74 Å². The summed E-state index contributed by atoms with van der Waals surface area (Å²) in [6.07, 6.45) is 2.85. The van der Waals surface area contributed by atoms with Gasteiger partial charge in [-0.1, -0.05) is 36.5 Å². The largest absolute Gasteiger partial charge is 0.497 e. The molecule has 0 aliphatic heterocycles. The molecule has 96 valence electrons. The van der Waals surface area contributed by atoms with Crippen molar-refractivity contribution in [2.75, 3.05) is 21.2 Å². The van der Waals surface area contributed by atoms with Crippen molar-refractivity contribution in [3.05, 3.63) is 48.3 Å². The fourth-order valence-electron chi connectivity index (χ4n) is 1.57. The molecular formula is C15H25NO. The molecule has 0 bridgehead atoms. The average Bonchev–Trinajstić information content (AvgIpc) is 2.24. The highest BCUT2D eigenvalue weighted by molar-refractivity contribution is 5.28. The summed E-state index contributed by atoms with van der Waals surface area (Å²) in [5.41, 5.74) is 3.33. The second-order valence-electron chi connectivity index (χ2n) is 4.63. The highest BCUT2D eigenvalue weighted by Crippen LogP contribution is 2.20. The molecule has 0 radical (unpaired) electrons. The van der Waals surface area contributed by atoms with E-state index in [9.17, 15) is 0 Å². The number of hydrogen-bond acceptors (Lipinski definition) is 2. The van der Waals surface area contributed by atoms with E-state index in [4.69, 9.17) is 4.74 Å². The zero-order valence-corrected chi connectivity index (χ0v) is 11.8. The van der Waals surface area contributed by atoms with Crippen molar-refractivity contribution in [3.8, 4) is 0 Å². The molecule has 2 nitrogen and oxygen atoms in total. The van der Waals surface area contributed by atoms with Gasteiger partial charge in [-0.25, -0.2) is 0 Å². The van der Waals surface area contributed by atoms with Crippen molar-refractivity contribution in [2.24, 2.45) is 0 Å². The van der Waals surface area contributed by atoms with Gasteiger partial charge in [0.1, 0.15) is 5.76 Å². The Morgan fingerprint density at radius 3 is 2.12 bits per heavy atom. The van der Waals surface area contributed by atoms with Crippen LogP contribution in [0.25, 0.3) is 0 Å². The van der Waals surface area contributed by atoms with Crippen LogP contribution in [0, 0.1) is 0 Å². The van der Waals surface area contributed by atoms with Gasteiger partial charge in [0.2, 0.25) is 0 Å². The maximum absolute atomic E-state index is 5.07. The molecule has 0 rings (SSSR count). The van der Waals surface area contributed by atoms with Gasteiger partial charge in [0, 0.05) is 6.04 Å². The maximum Gasteiger partial charge on any atom is 0.111 e. The van der Waals surface area contributed by atoms with Gasteiger partial charge < -0.3 is 9.64 Å². The molecule has 2 heteroatoms. The topological polar surface area (TPSA) is 12.5 Å². The lowest BCUT2D eigenvalue weighted by molar-refractivity contribution is 0.302. The molecule has 0 N–H and O–H groups in total. The summed E-state index contributed by atoms with van der Waals surface area (Å²) in [4.78, 5) is 2.17. The third kappa shape index (κ3) is 5.55. The number of allylic oxidation sites excluding steroid dienone is 2. The van der Waals surface area contributed by atoms with E-state index in [0.717, 1.165) is 17.6 Å². The Labute approximate surface area is 106 Å². The molecular weight excluding hydrogens is 210 g/mol. The third-order valence-corrected chi connectivity index (χ3v) is 2.84. The lowest BCUT2D eigenvalue weighted by Gasteiger charge is -2.26. The molecule has 0 aromatic rings. The van der Waals surface area contributed by atoms with Crippen LogP contribution >= 0.6 is 0 Å². The number of rotatable bonds is 7. The van der Waals surface area contributed by atoms with E-state index >= 15 is 0 Å². The standard InChI is InChI=1S/C15H25NO/c1-11(2)12(3)10-15(16(6)7)13(4)9-14(5)17-8/h9,15H,1,3,5,10H2,2,4,6-8H3. The van der Waals surface area contributed by atoms with Crippen LogP contribution < -0.4 is 0 Å². The summed E-state index contributed by atoms with van der Waals surface area (Å²) in [7, 11) is 5.75. The zero-order valence-electron chi connectivity index (χ0n) is 11.8. The van der Waals surface area contributed by atoms with Gasteiger partial charge in [0.05, 0.1) is 7.11 Å². The van der Waals surface area contributed by atoms with Gasteiger partial charge >= 0.3 is 0 Å². The molecule has 0 amide bonds. The van der Waals surface area contributed by atoms with Gasteiger partial charge in [-0.3, -0.25) is 0 Å². The van der Waals surface area contributed by atoms with Crippen LogP contribution in [-0.2, 0) is 4.74 Å². The Morgan fingerprint density at radius 2 is 1.76 bits per heavy atom. The van der Waals surface area contributed by atoms with Gasteiger partial charge in [-0.2, -0.15) is 0 Å². The lowest BCUT2D eigenvalue weighted by Crippen LogP contribution is -2.29. The smallest absolute Gasteiger partial charge is 0.111 e. The van der Waals surface area contributed by atoms with Crippen molar-refractivity contribution in [2.45, 2.75) is 26.3 Å². The summed E-state index contributed by atoms with van der Waals surface area (Å²) in [5.74, 6) is 0.676. The summed E-state index contributed by atoms with van der Waals surface area (Å²) in [6, 6.07) is 0.297. The normalized spacial score (nSPS) is 13.4. The van der Waals surface area contributed by atoms with Gasteiger partial charge in [-0.05, 0) is 40.4 Å². The number of methoxy groups -OCH3 is 1. The van der Waals surface area contributed by atoms with Crippen molar-refractivity contribution in [1.29, 1.82) is 0 Å². The predicted octanol–water partition coefficient (Wildman–Crippen LogP) is 3.55. The molecule has 0 heterocycles. The first-order valence-electron chi connectivity index (χ1n) is 5.70. The van der Waals surface area contributed by atoms with Gasteiger partial charge in [0.25, 0.3) is 0 Å². The van der Waals surface area contributed by atoms with E-state index in [-0.39, 0.29) is 0 Å². The lowest BCUT2D eigenvalue weighted by atomic mass is 9.96. The van der Waals surface area contributed by atoms with E-state index in [1.807, 2.05) is 13.0 Å². The highest BCUT2D eigenvalue weighted by Gasteiger charge is 2.15. The second-order valence-corrected chi connectivity index (χ2v) is 4.63. The number of nitrogens with zero attached hydrogens (tertiary/aromatic N) is 1. The fourth-order valence-corrected chi connectivity index (χ4v) is 1.57. The zero-order chi connectivity index (χ0) is 13.6. The van der Waals surface area contributed by atoms with Crippen LogP contribution in [0.5, 0.6) is 0 Å². The Kier molecular flexibility index (Phi) is 6.59. The van der Waals surface area contributed by atoms with Crippen LogP contribution in [0.3, 0.4) is 0 Å². The Balaban J connectivity index is 4.86. The molecule has 0 aromatic heterocycles. The second kappa shape index (κ2) is 7.13. The van der Waals surface area contributed by atoms with E-state index < -0.39 is 0 Å². The number of ether oxygens (including phenoxy) is 1. The first-order chi connectivity index (χ1) is 7.79. The molecule has 17 heavy (non-hydrogen) atoms. The van der Waals surface area contributed by atoms with Crippen molar-refractivity contribution in [1.82, 2.24) is 4.90 Å². The summed E-state index contributed by atoms with van der Waals surface area (Å²) >= 11 is 0. The summed E-state index contributed by atoms with van der Waals surface area (Å²) in [5, 5.41) is 0. The van der Waals surface area contributed by atoms with Gasteiger partial charge in [0.15, 0.2) is 0 Å². The van der Waals surface area contributed by atoms with Crippen molar-refractivity contribution in [3.63, 3.8) is 0 Å². The molecule has 0 aromatic carbocycles. The minimum absolute atomic E-state index is 0.297. The molecule has 1 unspecified atom stereocenters. The van der Waals surface area contributed by atoms with Crippen LogP contribution in [0.15, 0.2) is 48.3 Å². The number of hydrogen-bond donors (Lipinski definition) is 0. The van der Waals surface area contributed by atoms with Crippen LogP contribution in [-0.4, -0.2) is 32.1 Å². The predicted molar refractivity (Wildman–Crippen MR) is 76.0 cm³/mol. The quantitative estimate of drug-likeness (QED) is 0.494. The minimum atomic E-state index is 0.297. The first-order valence-corrected chi connectivity index (χ1v) is 5.70. The highest BCUT2D eigenvalue weighted by atomic mass is 16.5. The van der Waals surface area contributed by atoms with E-state index in [1.165, 1.54) is 5.57 Å². The summed E-state index contributed by atoms with van der Waals surface area (Å²) in [6.45, 7) is 15.9. The van der Waals surface area contributed by atoms with Crippen molar-refractivity contribution >= 4 is 0 Å². The molecule has 1 atom stereocenters. The molecule has 0 fully saturated rings. The van der Waals surface area contributed by atoms with E-state index in [2.05, 4.69) is 45.7 Å². The molecule has 0 aliphatic rings. The minimum Gasteiger partial charge on any atom is -0.497 e. The van der Waals surface area contributed by atoms with Crippen LogP contribution in [0.4, 0.5) is 0 Å². The average molecular weight is 235 g/mol. The van der Waals surface area contributed by atoms with Gasteiger partial charge in [-0.15, -0.1) is 0 Å². The van der Waals surface area contributed by atoms with Crippen LogP contribution in [0.2, 0.25) is 0 Å². The van der Waals surface area contributed by atoms with E-state index in [1.54, 1.807) is 7.11 Å². The summed E-state index contributed by atoms with van der Waals surface area (Å²) < 4.78 is 5.07. The van der Waals surface area contributed by atoms with Crippen LogP contribution in [0.1, 0.15) is 20.3 Å².